The number of H-pyrrole nitrogens is 2. The summed E-state index contributed by atoms with van der Waals surface area (Å²) in [5.74, 6) is -0.510. The monoisotopic (exact) mass is 417 g/mol. The Labute approximate surface area is 161 Å². The SMILES string of the molecule is CN1C(=O)c2c(c3c4cccc(Br)c4[nH]c3c3[nH]c4ccccc4c23)C1=O. The van der Waals surface area contributed by atoms with Crippen LogP contribution in [0.15, 0.2) is 46.9 Å². The number of nitrogens with one attached hydrogen (secondary N) is 2. The summed E-state index contributed by atoms with van der Waals surface area (Å²) in [4.78, 5) is 34.2. The Kier molecular flexibility index (Phi) is 2.65. The molecule has 0 atom stereocenters. The minimum atomic E-state index is -0.256. The lowest BCUT2D eigenvalue weighted by atomic mass is 9.97. The summed E-state index contributed by atoms with van der Waals surface area (Å²) < 4.78 is 0.916. The van der Waals surface area contributed by atoms with Crippen molar-refractivity contribution >= 4 is 71.4 Å². The van der Waals surface area contributed by atoms with Crippen molar-refractivity contribution in [2.24, 2.45) is 0 Å². The minimum absolute atomic E-state index is 0.254. The number of nitrogens with zero attached hydrogens (tertiary/aromatic N) is 1. The molecule has 3 aromatic carbocycles. The smallest absolute Gasteiger partial charge is 0.262 e. The van der Waals surface area contributed by atoms with E-state index in [2.05, 4.69) is 25.9 Å². The summed E-state index contributed by atoms with van der Waals surface area (Å²) in [5, 5.41) is 3.47. The number of benzene rings is 3. The molecule has 0 radical (unpaired) electrons. The van der Waals surface area contributed by atoms with E-state index in [4.69, 9.17) is 0 Å². The Hall–Kier alpha value is -3.12. The van der Waals surface area contributed by atoms with Crippen LogP contribution >= 0.6 is 15.9 Å². The van der Waals surface area contributed by atoms with Crippen LogP contribution in [0.1, 0.15) is 20.7 Å². The molecule has 2 amide bonds. The summed E-state index contributed by atoms with van der Waals surface area (Å²) in [6.45, 7) is 0. The minimum Gasteiger partial charge on any atom is -0.353 e. The lowest BCUT2D eigenvalue weighted by Crippen LogP contribution is -2.24. The molecule has 2 aromatic heterocycles. The highest BCUT2D eigenvalue weighted by molar-refractivity contribution is 9.10. The largest absolute Gasteiger partial charge is 0.353 e. The van der Waals surface area contributed by atoms with Gasteiger partial charge in [-0.1, -0.05) is 30.3 Å². The molecule has 0 fully saturated rings. The van der Waals surface area contributed by atoms with E-state index in [9.17, 15) is 9.59 Å². The Morgan fingerprint density at radius 1 is 0.778 bits per heavy atom. The number of hydrogen-bond donors (Lipinski definition) is 2. The molecule has 1 aliphatic rings. The molecule has 0 aliphatic carbocycles. The number of rotatable bonds is 0. The van der Waals surface area contributed by atoms with Gasteiger partial charge in [0.25, 0.3) is 11.8 Å². The van der Waals surface area contributed by atoms with Gasteiger partial charge in [-0.25, -0.2) is 0 Å². The fourth-order valence-corrected chi connectivity index (χ4v) is 4.79. The van der Waals surface area contributed by atoms with Crippen LogP contribution in [0.3, 0.4) is 0 Å². The van der Waals surface area contributed by atoms with Crippen molar-refractivity contribution in [3.8, 4) is 0 Å². The van der Waals surface area contributed by atoms with Crippen LogP contribution in [-0.4, -0.2) is 33.7 Å². The number of carbonyl (C=O) groups excluding carboxylic acids is 2. The quantitative estimate of drug-likeness (QED) is 0.350. The van der Waals surface area contributed by atoms with Crippen LogP contribution < -0.4 is 0 Å². The van der Waals surface area contributed by atoms with E-state index < -0.39 is 0 Å². The zero-order valence-corrected chi connectivity index (χ0v) is 15.8. The molecule has 0 saturated heterocycles. The Balaban J connectivity index is 2.02. The van der Waals surface area contributed by atoms with E-state index in [1.165, 1.54) is 4.90 Å². The highest BCUT2D eigenvalue weighted by Gasteiger charge is 2.38. The molecule has 6 rings (SSSR count). The van der Waals surface area contributed by atoms with E-state index in [0.717, 1.165) is 48.1 Å². The number of aromatic amines is 2. The summed E-state index contributed by atoms with van der Waals surface area (Å²) in [5.41, 5.74) is 4.52. The predicted molar refractivity (Wildman–Crippen MR) is 109 cm³/mol. The number of para-hydroxylation sites is 2. The summed E-state index contributed by atoms with van der Waals surface area (Å²) in [6, 6.07) is 13.7. The Morgan fingerprint density at radius 2 is 1.41 bits per heavy atom. The molecular weight excluding hydrogens is 406 g/mol. The molecule has 5 aromatic rings. The van der Waals surface area contributed by atoms with E-state index in [0.29, 0.717) is 11.1 Å². The normalized spacial score (nSPS) is 14.4. The number of amides is 2. The van der Waals surface area contributed by atoms with E-state index in [1.807, 2.05) is 42.5 Å². The first kappa shape index (κ1) is 15.0. The maximum Gasteiger partial charge on any atom is 0.262 e. The van der Waals surface area contributed by atoms with Crippen molar-refractivity contribution in [1.29, 1.82) is 0 Å². The third-order valence-electron chi connectivity index (χ3n) is 5.53. The van der Waals surface area contributed by atoms with Crippen LogP contribution in [0.2, 0.25) is 0 Å². The summed E-state index contributed by atoms with van der Waals surface area (Å²) >= 11 is 3.59. The van der Waals surface area contributed by atoms with Gasteiger partial charge < -0.3 is 9.97 Å². The van der Waals surface area contributed by atoms with Gasteiger partial charge in [0.1, 0.15) is 0 Å². The van der Waals surface area contributed by atoms with Gasteiger partial charge in [0, 0.05) is 38.6 Å². The average Bonchev–Trinajstić information content (AvgIpc) is 3.30. The fourth-order valence-electron chi connectivity index (χ4n) is 4.32. The lowest BCUT2D eigenvalue weighted by molar-refractivity contribution is 0.0694. The van der Waals surface area contributed by atoms with Crippen molar-refractivity contribution in [2.75, 3.05) is 7.05 Å². The second-order valence-corrected chi connectivity index (χ2v) is 7.73. The second kappa shape index (κ2) is 4.78. The van der Waals surface area contributed by atoms with Gasteiger partial charge in [-0.2, -0.15) is 0 Å². The standard InChI is InChI=1S/C21H12BrN3O2/c1-25-20(26)15-13-9-5-2-3-8-12(9)23-18(13)19-14(16(15)21(25)27)10-6-4-7-11(22)17(10)24-19/h2-8,23-24H,1H3. The van der Waals surface area contributed by atoms with Gasteiger partial charge in [-0.05, 0) is 28.1 Å². The first-order chi connectivity index (χ1) is 13.1. The van der Waals surface area contributed by atoms with E-state index >= 15 is 0 Å². The maximum atomic E-state index is 13.0. The molecule has 6 heteroatoms. The first-order valence-electron chi connectivity index (χ1n) is 8.56. The average molecular weight is 418 g/mol. The van der Waals surface area contributed by atoms with Crippen molar-refractivity contribution in [3.05, 3.63) is 58.1 Å². The van der Waals surface area contributed by atoms with Crippen molar-refractivity contribution in [1.82, 2.24) is 14.9 Å². The zero-order valence-electron chi connectivity index (χ0n) is 14.2. The highest BCUT2D eigenvalue weighted by atomic mass is 79.9. The predicted octanol–water partition coefficient (Wildman–Crippen LogP) is 4.94. The number of halogens is 1. The van der Waals surface area contributed by atoms with E-state index in [-0.39, 0.29) is 11.8 Å². The molecule has 2 N–H and O–H groups in total. The van der Waals surface area contributed by atoms with Crippen molar-refractivity contribution in [2.45, 2.75) is 0 Å². The molecule has 1 aliphatic heterocycles. The number of hydrogen-bond acceptors (Lipinski definition) is 2. The van der Waals surface area contributed by atoms with Gasteiger partial charge in [0.15, 0.2) is 0 Å². The number of aromatic nitrogens is 2. The number of carbonyl (C=O) groups is 2. The number of imide groups is 1. The topological polar surface area (TPSA) is 69.0 Å². The van der Waals surface area contributed by atoms with E-state index in [1.54, 1.807) is 7.05 Å². The first-order valence-corrected chi connectivity index (χ1v) is 9.36. The van der Waals surface area contributed by atoms with Crippen molar-refractivity contribution < 1.29 is 9.59 Å². The molecule has 0 saturated carbocycles. The van der Waals surface area contributed by atoms with Crippen LogP contribution in [-0.2, 0) is 0 Å². The third-order valence-corrected chi connectivity index (χ3v) is 6.19. The molecular formula is C21H12BrN3O2. The summed E-state index contributed by atoms with van der Waals surface area (Å²) in [7, 11) is 1.54. The molecule has 0 spiro atoms. The van der Waals surface area contributed by atoms with Gasteiger partial charge in [0.05, 0.1) is 27.7 Å². The fraction of sp³-hybridized carbons (Fsp3) is 0.0476. The molecule has 27 heavy (non-hydrogen) atoms. The lowest BCUT2D eigenvalue weighted by Gasteiger charge is -2.03. The van der Waals surface area contributed by atoms with Crippen LogP contribution in [0, 0.1) is 0 Å². The molecule has 0 bridgehead atoms. The zero-order chi connectivity index (χ0) is 18.4. The van der Waals surface area contributed by atoms with Gasteiger partial charge >= 0.3 is 0 Å². The molecule has 5 nitrogen and oxygen atoms in total. The number of fused-ring (bicyclic) bond motifs is 10. The second-order valence-electron chi connectivity index (χ2n) is 6.88. The molecule has 0 unspecified atom stereocenters. The maximum absolute atomic E-state index is 13.0. The van der Waals surface area contributed by atoms with Gasteiger partial charge in [-0.15, -0.1) is 0 Å². The third kappa shape index (κ3) is 1.64. The van der Waals surface area contributed by atoms with Crippen LogP contribution in [0.4, 0.5) is 0 Å². The van der Waals surface area contributed by atoms with Crippen LogP contribution in [0.5, 0.6) is 0 Å². The van der Waals surface area contributed by atoms with Crippen molar-refractivity contribution in [3.63, 3.8) is 0 Å². The van der Waals surface area contributed by atoms with Crippen LogP contribution in [0.25, 0.3) is 43.6 Å². The van der Waals surface area contributed by atoms with Gasteiger partial charge in [-0.3, -0.25) is 14.5 Å². The highest BCUT2D eigenvalue weighted by Crippen LogP contribution is 2.44. The molecule has 3 heterocycles. The van der Waals surface area contributed by atoms with Gasteiger partial charge in [0.2, 0.25) is 0 Å². The Morgan fingerprint density at radius 3 is 2.19 bits per heavy atom. The summed E-state index contributed by atoms with van der Waals surface area (Å²) in [6.07, 6.45) is 0. The molecule has 130 valence electrons. The Bertz CT molecular complexity index is 1490.